The average molecular weight is 221 g/mol. The molecular weight excluding hydrogens is 208 g/mol. The minimum atomic E-state index is -1.50. The summed E-state index contributed by atoms with van der Waals surface area (Å²) in [7, 11) is 2.75. The van der Waals surface area contributed by atoms with E-state index in [0.717, 1.165) is 0 Å². The molecule has 1 fully saturated rings. The molecule has 5 heteroatoms. The van der Waals surface area contributed by atoms with E-state index in [9.17, 15) is 4.79 Å². The van der Waals surface area contributed by atoms with E-state index in [0.29, 0.717) is 0 Å². The number of methoxy groups -OCH3 is 2. The smallest absolute Gasteiger partial charge is 0.311 e. The summed E-state index contributed by atoms with van der Waals surface area (Å²) in [4.78, 5) is 10.2. The van der Waals surface area contributed by atoms with Gasteiger partial charge in [-0.3, -0.25) is 4.79 Å². The van der Waals surface area contributed by atoms with E-state index in [1.165, 1.54) is 20.3 Å². The lowest BCUT2D eigenvalue weighted by molar-refractivity contribution is -0.352. The van der Waals surface area contributed by atoms with Crippen molar-refractivity contribution < 1.29 is 19.0 Å². The SMILES string of the molecule is C=CC[C@@]1(Cl)C(=O)COC1(OC)OC. The molecule has 1 aliphatic heterocycles. The summed E-state index contributed by atoms with van der Waals surface area (Å²) in [5.74, 6) is -1.76. The molecule has 0 unspecified atom stereocenters. The van der Waals surface area contributed by atoms with E-state index in [1.807, 2.05) is 0 Å². The van der Waals surface area contributed by atoms with Gasteiger partial charge in [0.15, 0.2) is 10.7 Å². The predicted molar refractivity (Wildman–Crippen MR) is 51.1 cm³/mol. The Bertz CT molecular complexity index is 249. The molecule has 0 bridgehead atoms. The summed E-state index contributed by atoms with van der Waals surface area (Å²) in [5.41, 5.74) is 0. The van der Waals surface area contributed by atoms with E-state index in [2.05, 4.69) is 6.58 Å². The maximum atomic E-state index is 11.6. The fourth-order valence-electron chi connectivity index (χ4n) is 1.52. The van der Waals surface area contributed by atoms with Crippen molar-refractivity contribution in [3.8, 4) is 0 Å². The van der Waals surface area contributed by atoms with Gasteiger partial charge in [-0.1, -0.05) is 6.08 Å². The van der Waals surface area contributed by atoms with E-state index < -0.39 is 10.8 Å². The Labute approximate surface area is 87.8 Å². The molecule has 1 aliphatic rings. The first-order chi connectivity index (χ1) is 6.56. The second-order valence-electron chi connectivity index (χ2n) is 2.97. The predicted octanol–water partition coefficient (Wildman–Crippen LogP) is 1.09. The number of hydrogen-bond donors (Lipinski definition) is 0. The molecule has 0 amide bonds. The summed E-state index contributed by atoms with van der Waals surface area (Å²) >= 11 is 6.15. The van der Waals surface area contributed by atoms with Crippen molar-refractivity contribution in [3.05, 3.63) is 12.7 Å². The van der Waals surface area contributed by atoms with Crippen molar-refractivity contribution in [2.45, 2.75) is 17.3 Å². The molecule has 1 rings (SSSR count). The highest BCUT2D eigenvalue weighted by molar-refractivity contribution is 6.37. The lowest BCUT2D eigenvalue weighted by Crippen LogP contribution is -2.53. The molecule has 0 aromatic heterocycles. The Kier molecular flexibility index (Phi) is 3.32. The topological polar surface area (TPSA) is 44.8 Å². The third-order valence-corrected chi connectivity index (χ3v) is 2.88. The highest BCUT2D eigenvalue weighted by Crippen LogP contribution is 2.43. The number of rotatable bonds is 4. The summed E-state index contributed by atoms with van der Waals surface area (Å²) in [5, 5.41) is 0. The molecule has 0 radical (unpaired) electrons. The van der Waals surface area contributed by atoms with Crippen molar-refractivity contribution in [2.24, 2.45) is 0 Å². The minimum Gasteiger partial charge on any atom is -0.329 e. The second kappa shape index (κ2) is 3.98. The number of carbonyl (C=O) groups is 1. The van der Waals surface area contributed by atoms with Crippen LogP contribution in [-0.2, 0) is 19.0 Å². The third-order valence-electron chi connectivity index (χ3n) is 2.28. The Morgan fingerprint density at radius 2 is 2.21 bits per heavy atom. The Morgan fingerprint density at radius 1 is 1.64 bits per heavy atom. The molecule has 0 aromatic carbocycles. The summed E-state index contributed by atoms with van der Waals surface area (Å²) < 4.78 is 15.2. The van der Waals surface area contributed by atoms with Gasteiger partial charge in [0, 0.05) is 14.2 Å². The average Bonchev–Trinajstić information content (AvgIpc) is 2.42. The van der Waals surface area contributed by atoms with Crippen molar-refractivity contribution >= 4 is 17.4 Å². The van der Waals surface area contributed by atoms with Gasteiger partial charge >= 0.3 is 5.97 Å². The largest absolute Gasteiger partial charge is 0.329 e. The summed E-state index contributed by atoms with van der Waals surface area (Å²) in [6.45, 7) is 3.42. The van der Waals surface area contributed by atoms with Crippen molar-refractivity contribution in [1.29, 1.82) is 0 Å². The third kappa shape index (κ3) is 1.39. The molecule has 1 atom stereocenters. The van der Waals surface area contributed by atoms with E-state index in [4.69, 9.17) is 25.8 Å². The fourth-order valence-corrected chi connectivity index (χ4v) is 1.90. The van der Waals surface area contributed by atoms with Crippen LogP contribution in [0.15, 0.2) is 12.7 Å². The molecule has 0 aliphatic carbocycles. The Morgan fingerprint density at radius 3 is 2.64 bits per heavy atom. The van der Waals surface area contributed by atoms with E-state index in [1.54, 1.807) is 0 Å². The van der Waals surface area contributed by atoms with Crippen LogP contribution < -0.4 is 0 Å². The summed E-state index contributed by atoms with van der Waals surface area (Å²) in [6, 6.07) is 0. The van der Waals surface area contributed by atoms with E-state index in [-0.39, 0.29) is 18.8 Å². The molecular formula is C9H13ClO4. The quantitative estimate of drug-likeness (QED) is 0.404. The number of Topliss-reactive ketones (excluding diaryl/α,β-unsaturated/α-hetero) is 1. The first-order valence-corrected chi connectivity index (χ1v) is 4.51. The van der Waals surface area contributed by atoms with Gasteiger partial charge in [0.25, 0.3) is 0 Å². The standard InChI is InChI=1S/C9H13ClO4/c1-4-5-8(10)7(11)6-14-9(8,12-2)13-3/h4H,1,5-6H2,2-3H3/t8-/m1/s1. The number of ketones is 1. The maximum absolute atomic E-state index is 11.6. The van der Waals surface area contributed by atoms with Gasteiger partial charge in [0.1, 0.15) is 6.61 Å². The molecule has 4 nitrogen and oxygen atoms in total. The zero-order valence-corrected chi connectivity index (χ0v) is 8.97. The van der Waals surface area contributed by atoms with Gasteiger partial charge in [-0.15, -0.1) is 18.2 Å². The zero-order valence-electron chi connectivity index (χ0n) is 8.21. The van der Waals surface area contributed by atoms with Gasteiger partial charge in [-0.2, -0.15) is 0 Å². The first-order valence-electron chi connectivity index (χ1n) is 4.13. The van der Waals surface area contributed by atoms with Crippen LogP contribution in [0.4, 0.5) is 0 Å². The van der Waals surface area contributed by atoms with Crippen molar-refractivity contribution in [1.82, 2.24) is 0 Å². The van der Waals surface area contributed by atoms with Crippen molar-refractivity contribution in [3.63, 3.8) is 0 Å². The van der Waals surface area contributed by atoms with Gasteiger partial charge in [0.2, 0.25) is 0 Å². The van der Waals surface area contributed by atoms with Crippen LogP contribution in [0.3, 0.4) is 0 Å². The van der Waals surface area contributed by atoms with Crippen LogP contribution in [0.1, 0.15) is 6.42 Å². The lowest BCUT2D eigenvalue weighted by atomic mass is 9.99. The number of carbonyl (C=O) groups excluding carboxylic acids is 1. The van der Waals surface area contributed by atoms with Gasteiger partial charge in [-0.05, 0) is 6.42 Å². The van der Waals surface area contributed by atoms with Gasteiger partial charge in [-0.25, -0.2) is 0 Å². The minimum absolute atomic E-state index is 0.112. The normalized spacial score (nSPS) is 30.6. The molecule has 0 aromatic rings. The summed E-state index contributed by atoms with van der Waals surface area (Å²) in [6.07, 6.45) is 1.77. The molecule has 1 heterocycles. The number of allylic oxidation sites excluding steroid dienone is 1. The lowest BCUT2D eigenvalue weighted by Gasteiger charge is -2.34. The molecule has 0 spiro atoms. The van der Waals surface area contributed by atoms with Crippen LogP contribution in [0.5, 0.6) is 0 Å². The molecule has 1 saturated heterocycles. The maximum Gasteiger partial charge on any atom is 0.311 e. The highest BCUT2D eigenvalue weighted by atomic mass is 35.5. The zero-order chi connectivity index (χ0) is 10.8. The van der Waals surface area contributed by atoms with Crippen molar-refractivity contribution in [2.75, 3.05) is 20.8 Å². The van der Waals surface area contributed by atoms with E-state index >= 15 is 0 Å². The van der Waals surface area contributed by atoms with Crippen LogP contribution >= 0.6 is 11.6 Å². The van der Waals surface area contributed by atoms with Crippen LogP contribution in [0.25, 0.3) is 0 Å². The molecule has 80 valence electrons. The fraction of sp³-hybridized carbons (Fsp3) is 0.667. The van der Waals surface area contributed by atoms with Crippen LogP contribution in [0, 0.1) is 0 Å². The molecule has 0 saturated carbocycles. The Hall–Kier alpha value is -0.420. The number of halogens is 1. The number of ether oxygens (including phenoxy) is 3. The second-order valence-corrected chi connectivity index (χ2v) is 3.62. The first kappa shape index (κ1) is 11.7. The number of alkyl halides is 1. The Balaban J connectivity index is 3.06. The monoisotopic (exact) mass is 220 g/mol. The van der Waals surface area contributed by atoms with Crippen LogP contribution in [0.2, 0.25) is 0 Å². The molecule has 0 N–H and O–H groups in total. The molecule has 14 heavy (non-hydrogen) atoms. The highest BCUT2D eigenvalue weighted by Gasteiger charge is 2.63. The van der Waals surface area contributed by atoms with Gasteiger partial charge in [0.05, 0.1) is 0 Å². The van der Waals surface area contributed by atoms with Crippen LogP contribution in [-0.4, -0.2) is 37.5 Å². The number of hydrogen-bond acceptors (Lipinski definition) is 4. The van der Waals surface area contributed by atoms with Gasteiger partial charge < -0.3 is 14.2 Å².